The van der Waals surface area contributed by atoms with E-state index < -0.39 is 0 Å². The zero-order chi connectivity index (χ0) is 13.0. The molecule has 0 saturated carbocycles. The Morgan fingerprint density at radius 2 is 2.33 bits per heavy atom. The molecule has 4 heteroatoms. The first kappa shape index (κ1) is 12.9. The van der Waals surface area contributed by atoms with Gasteiger partial charge in [-0.3, -0.25) is 0 Å². The molecule has 4 N–H and O–H groups in total. The number of hydrogen-bond donors (Lipinski definition) is 3. The van der Waals surface area contributed by atoms with Crippen molar-refractivity contribution < 1.29 is 5.21 Å². The summed E-state index contributed by atoms with van der Waals surface area (Å²) in [5.74, 6) is 0.908. The van der Waals surface area contributed by atoms with Crippen LogP contribution in [-0.4, -0.2) is 23.6 Å². The Balaban J connectivity index is 1.82. The van der Waals surface area contributed by atoms with Gasteiger partial charge in [0.25, 0.3) is 0 Å². The first-order valence-electron chi connectivity index (χ1n) is 6.52. The van der Waals surface area contributed by atoms with E-state index >= 15 is 0 Å². The van der Waals surface area contributed by atoms with Gasteiger partial charge in [0.2, 0.25) is 0 Å². The Hall–Kier alpha value is -1.55. The lowest BCUT2D eigenvalue weighted by atomic mass is 9.77. The van der Waals surface area contributed by atoms with E-state index in [1.54, 1.807) is 0 Å². The molecule has 1 aromatic rings. The van der Waals surface area contributed by atoms with Gasteiger partial charge in [-0.2, -0.15) is 0 Å². The summed E-state index contributed by atoms with van der Waals surface area (Å²) < 4.78 is 0. The van der Waals surface area contributed by atoms with Crippen molar-refractivity contribution in [2.75, 3.05) is 6.54 Å². The van der Waals surface area contributed by atoms with Gasteiger partial charge in [0.15, 0.2) is 0 Å². The minimum Gasteiger partial charge on any atom is -0.409 e. The topological polar surface area (TPSA) is 70.6 Å². The largest absolute Gasteiger partial charge is 0.409 e. The van der Waals surface area contributed by atoms with Crippen LogP contribution in [0.15, 0.2) is 29.4 Å². The highest BCUT2D eigenvalue weighted by Crippen LogP contribution is 2.34. The molecule has 2 rings (SSSR count). The van der Waals surface area contributed by atoms with Gasteiger partial charge in [0.1, 0.15) is 5.84 Å². The molecule has 4 nitrogen and oxygen atoms in total. The van der Waals surface area contributed by atoms with Gasteiger partial charge in [-0.15, -0.1) is 0 Å². The van der Waals surface area contributed by atoms with Crippen LogP contribution < -0.4 is 11.1 Å². The van der Waals surface area contributed by atoms with Crippen molar-refractivity contribution in [1.82, 2.24) is 5.32 Å². The second-order valence-corrected chi connectivity index (χ2v) is 4.91. The summed E-state index contributed by atoms with van der Waals surface area (Å²) in [5, 5.41) is 15.1. The third-order valence-electron chi connectivity index (χ3n) is 3.69. The van der Waals surface area contributed by atoms with E-state index in [1.807, 2.05) is 0 Å². The molecular weight excluding hydrogens is 226 g/mol. The van der Waals surface area contributed by atoms with Crippen molar-refractivity contribution in [2.24, 2.45) is 10.9 Å². The molecule has 2 atom stereocenters. The van der Waals surface area contributed by atoms with Crippen molar-refractivity contribution in [1.29, 1.82) is 0 Å². The number of hydrogen-bond acceptors (Lipinski definition) is 3. The predicted octanol–water partition coefficient (Wildman–Crippen LogP) is 1.83. The number of nitrogens with one attached hydrogen (secondary N) is 1. The maximum Gasteiger partial charge on any atom is 0.140 e. The molecule has 2 unspecified atom stereocenters. The Labute approximate surface area is 108 Å². The lowest BCUT2D eigenvalue weighted by Gasteiger charge is -2.31. The van der Waals surface area contributed by atoms with Crippen LogP contribution in [0.5, 0.6) is 0 Å². The Bertz CT molecular complexity index is 431. The van der Waals surface area contributed by atoms with Gasteiger partial charge in [-0.1, -0.05) is 36.3 Å². The average Bonchev–Trinajstić information content (AvgIpc) is 2.38. The number of fused-ring (bicyclic) bond motifs is 1. The second kappa shape index (κ2) is 5.87. The van der Waals surface area contributed by atoms with Gasteiger partial charge >= 0.3 is 0 Å². The fourth-order valence-electron chi connectivity index (χ4n) is 2.51. The fraction of sp³-hybridized carbons (Fsp3) is 0.500. The van der Waals surface area contributed by atoms with Crippen LogP contribution >= 0.6 is 0 Å². The molecule has 0 aromatic heterocycles. The van der Waals surface area contributed by atoms with Crippen molar-refractivity contribution in [3.05, 3.63) is 35.4 Å². The first-order valence-corrected chi connectivity index (χ1v) is 6.52. The summed E-state index contributed by atoms with van der Waals surface area (Å²) in [7, 11) is 0. The summed E-state index contributed by atoms with van der Waals surface area (Å²) in [6, 6.07) is 8.87. The normalized spacial score (nSPS) is 20.1. The molecule has 0 amide bonds. The molecule has 1 aromatic carbocycles. The van der Waals surface area contributed by atoms with E-state index in [0.29, 0.717) is 18.2 Å². The molecule has 98 valence electrons. The summed E-state index contributed by atoms with van der Waals surface area (Å²) in [4.78, 5) is 0. The van der Waals surface area contributed by atoms with E-state index in [0.717, 1.165) is 19.4 Å². The maximum absolute atomic E-state index is 8.58. The maximum atomic E-state index is 8.58. The highest BCUT2D eigenvalue weighted by Gasteiger charge is 2.25. The molecule has 0 radical (unpaired) electrons. The minimum absolute atomic E-state index is 0.286. The van der Waals surface area contributed by atoms with Gasteiger partial charge < -0.3 is 16.3 Å². The van der Waals surface area contributed by atoms with E-state index in [4.69, 9.17) is 10.9 Å². The summed E-state index contributed by atoms with van der Waals surface area (Å²) in [6.45, 7) is 3.07. The molecule has 0 fully saturated rings. The first-order chi connectivity index (χ1) is 8.74. The molecule has 1 aliphatic carbocycles. The van der Waals surface area contributed by atoms with Crippen molar-refractivity contribution >= 4 is 5.84 Å². The third-order valence-corrected chi connectivity index (χ3v) is 3.69. The number of amidine groups is 1. The zero-order valence-electron chi connectivity index (χ0n) is 10.8. The fourth-order valence-corrected chi connectivity index (χ4v) is 2.51. The molecule has 0 aliphatic heterocycles. The Morgan fingerprint density at radius 3 is 3.00 bits per heavy atom. The van der Waals surface area contributed by atoms with Crippen molar-refractivity contribution in [2.45, 2.75) is 38.1 Å². The smallest absolute Gasteiger partial charge is 0.140 e. The van der Waals surface area contributed by atoms with Gasteiger partial charge in [0, 0.05) is 24.9 Å². The van der Waals surface area contributed by atoms with Crippen LogP contribution in [0.2, 0.25) is 0 Å². The van der Waals surface area contributed by atoms with Crippen LogP contribution in [0.4, 0.5) is 0 Å². The van der Waals surface area contributed by atoms with Crippen molar-refractivity contribution in [3.8, 4) is 0 Å². The molecular formula is C14H21N3O. The number of benzene rings is 1. The van der Waals surface area contributed by atoms with Crippen LogP contribution in [0, 0.1) is 0 Å². The van der Waals surface area contributed by atoms with E-state index in [1.165, 1.54) is 11.1 Å². The monoisotopic (exact) mass is 247 g/mol. The predicted molar refractivity (Wildman–Crippen MR) is 73.0 cm³/mol. The number of nitrogens with two attached hydrogens (primary N) is 1. The summed E-state index contributed by atoms with van der Waals surface area (Å²) >= 11 is 0. The SMILES string of the molecule is CCC(C/C(N)=N/O)NCC1Cc2ccccc21. The molecule has 0 saturated heterocycles. The standard InChI is InChI=1S/C14H21N3O/c1-2-12(8-14(15)17-18)16-9-11-7-10-5-3-4-6-13(10)11/h3-6,11-12,16,18H,2,7-9H2,1H3,(H2,15,17). The van der Waals surface area contributed by atoms with E-state index in [-0.39, 0.29) is 6.04 Å². The average molecular weight is 247 g/mol. The van der Waals surface area contributed by atoms with Crippen LogP contribution in [-0.2, 0) is 6.42 Å². The van der Waals surface area contributed by atoms with E-state index in [2.05, 4.69) is 41.7 Å². The lowest BCUT2D eigenvalue weighted by molar-refractivity contribution is 0.315. The Morgan fingerprint density at radius 1 is 1.56 bits per heavy atom. The second-order valence-electron chi connectivity index (χ2n) is 4.91. The Kier molecular flexibility index (Phi) is 4.20. The number of oxime groups is 1. The minimum atomic E-state index is 0.286. The van der Waals surface area contributed by atoms with E-state index in [9.17, 15) is 0 Å². The van der Waals surface area contributed by atoms with Crippen LogP contribution in [0.3, 0.4) is 0 Å². The zero-order valence-corrected chi connectivity index (χ0v) is 10.8. The molecule has 0 heterocycles. The van der Waals surface area contributed by atoms with Crippen LogP contribution in [0.1, 0.15) is 36.8 Å². The molecule has 0 spiro atoms. The quantitative estimate of drug-likeness (QED) is 0.311. The molecule has 0 bridgehead atoms. The number of nitrogens with zero attached hydrogens (tertiary/aromatic N) is 1. The third kappa shape index (κ3) is 2.82. The van der Waals surface area contributed by atoms with Gasteiger partial charge in [-0.05, 0) is 24.0 Å². The highest BCUT2D eigenvalue weighted by atomic mass is 16.4. The summed E-state index contributed by atoms with van der Waals surface area (Å²) in [6.07, 6.45) is 2.73. The highest BCUT2D eigenvalue weighted by molar-refractivity contribution is 5.80. The summed E-state index contributed by atoms with van der Waals surface area (Å²) in [5.41, 5.74) is 8.47. The molecule has 1 aliphatic rings. The van der Waals surface area contributed by atoms with Crippen molar-refractivity contribution in [3.63, 3.8) is 0 Å². The lowest BCUT2D eigenvalue weighted by Crippen LogP contribution is -2.38. The van der Waals surface area contributed by atoms with Crippen LogP contribution in [0.25, 0.3) is 0 Å². The van der Waals surface area contributed by atoms with Gasteiger partial charge in [0.05, 0.1) is 0 Å². The molecule has 18 heavy (non-hydrogen) atoms. The van der Waals surface area contributed by atoms with Gasteiger partial charge in [-0.25, -0.2) is 0 Å². The number of rotatable bonds is 6.